The highest BCUT2D eigenvalue weighted by molar-refractivity contribution is 9.10. The highest BCUT2D eigenvalue weighted by Gasteiger charge is 2.29. The van der Waals surface area contributed by atoms with Gasteiger partial charge >= 0.3 is 0 Å². The molecule has 2 saturated heterocycles. The van der Waals surface area contributed by atoms with E-state index in [0.29, 0.717) is 0 Å². The lowest BCUT2D eigenvalue weighted by molar-refractivity contribution is 0.133. The summed E-state index contributed by atoms with van der Waals surface area (Å²) in [6, 6.07) is 7.43. The normalized spacial score (nSPS) is 24.3. The van der Waals surface area contributed by atoms with Crippen molar-refractivity contribution in [1.82, 2.24) is 4.90 Å². The van der Waals surface area contributed by atoms with Gasteiger partial charge in [-0.1, -0.05) is 38.3 Å². The van der Waals surface area contributed by atoms with Gasteiger partial charge < -0.3 is 4.90 Å². The SMILES string of the molecule is BrCc1cc(Br)ccc1N1CCN2CCCCC2C1. The molecule has 1 atom stereocenters. The molecule has 0 aromatic heterocycles. The zero-order chi connectivity index (χ0) is 13.2. The maximum Gasteiger partial charge on any atom is 0.0409 e. The van der Waals surface area contributed by atoms with Crippen molar-refractivity contribution in [3.05, 3.63) is 28.2 Å². The van der Waals surface area contributed by atoms with Gasteiger partial charge in [0.15, 0.2) is 0 Å². The van der Waals surface area contributed by atoms with Gasteiger partial charge in [0.25, 0.3) is 0 Å². The Morgan fingerprint density at radius 2 is 2.05 bits per heavy atom. The lowest BCUT2D eigenvalue weighted by Crippen LogP contribution is -2.55. The number of piperazine rings is 1. The molecule has 19 heavy (non-hydrogen) atoms. The van der Waals surface area contributed by atoms with E-state index in [1.807, 2.05) is 0 Å². The highest BCUT2D eigenvalue weighted by Crippen LogP contribution is 2.30. The predicted molar refractivity (Wildman–Crippen MR) is 88.2 cm³/mol. The average molecular weight is 388 g/mol. The molecule has 1 unspecified atom stereocenters. The monoisotopic (exact) mass is 386 g/mol. The summed E-state index contributed by atoms with van der Waals surface area (Å²) >= 11 is 7.19. The number of rotatable bonds is 2. The van der Waals surface area contributed by atoms with Crippen LogP contribution in [0.1, 0.15) is 24.8 Å². The maximum atomic E-state index is 3.62. The second-order valence-corrected chi connectivity index (χ2v) is 7.01. The number of halogens is 2. The van der Waals surface area contributed by atoms with Crippen molar-refractivity contribution >= 4 is 37.5 Å². The average Bonchev–Trinajstić information content (AvgIpc) is 2.46. The second kappa shape index (κ2) is 6.15. The Hall–Kier alpha value is -0.0600. The van der Waals surface area contributed by atoms with E-state index in [2.05, 4.69) is 59.9 Å². The Morgan fingerprint density at radius 1 is 1.16 bits per heavy atom. The number of hydrogen-bond acceptors (Lipinski definition) is 2. The molecule has 2 aliphatic heterocycles. The summed E-state index contributed by atoms with van der Waals surface area (Å²) in [5, 5.41) is 0.923. The molecular formula is C15H20Br2N2. The fraction of sp³-hybridized carbons (Fsp3) is 0.600. The molecule has 2 nitrogen and oxygen atoms in total. The molecule has 2 heterocycles. The smallest absolute Gasteiger partial charge is 0.0409 e. The van der Waals surface area contributed by atoms with Crippen LogP contribution in [0.3, 0.4) is 0 Å². The first kappa shape index (κ1) is 13.9. The summed E-state index contributed by atoms with van der Waals surface area (Å²) < 4.78 is 1.17. The van der Waals surface area contributed by atoms with Crippen LogP contribution < -0.4 is 4.90 Å². The van der Waals surface area contributed by atoms with E-state index >= 15 is 0 Å². The van der Waals surface area contributed by atoms with Crippen molar-refractivity contribution in [2.45, 2.75) is 30.6 Å². The van der Waals surface area contributed by atoms with E-state index < -0.39 is 0 Å². The van der Waals surface area contributed by atoms with Crippen LogP contribution in [-0.2, 0) is 5.33 Å². The molecular weight excluding hydrogens is 368 g/mol. The summed E-state index contributed by atoms with van der Waals surface area (Å²) in [5.41, 5.74) is 2.80. The Morgan fingerprint density at radius 3 is 2.89 bits per heavy atom. The number of anilines is 1. The molecule has 2 fully saturated rings. The van der Waals surface area contributed by atoms with Crippen LogP contribution in [0, 0.1) is 0 Å². The van der Waals surface area contributed by atoms with Crippen molar-refractivity contribution in [1.29, 1.82) is 0 Å². The molecule has 0 amide bonds. The van der Waals surface area contributed by atoms with E-state index in [0.717, 1.165) is 17.9 Å². The van der Waals surface area contributed by atoms with Gasteiger partial charge in [0.05, 0.1) is 0 Å². The maximum absolute atomic E-state index is 3.62. The summed E-state index contributed by atoms with van der Waals surface area (Å²) in [6.45, 7) is 4.90. The minimum atomic E-state index is 0.773. The number of alkyl halides is 1. The van der Waals surface area contributed by atoms with Gasteiger partial charge in [0, 0.05) is 41.2 Å². The van der Waals surface area contributed by atoms with Crippen molar-refractivity contribution in [2.75, 3.05) is 31.1 Å². The summed E-state index contributed by atoms with van der Waals surface area (Å²) in [4.78, 5) is 5.27. The van der Waals surface area contributed by atoms with Crippen LogP contribution >= 0.6 is 31.9 Å². The van der Waals surface area contributed by atoms with Crippen LogP contribution in [0.4, 0.5) is 5.69 Å². The lowest BCUT2D eigenvalue weighted by Gasteiger charge is -2.45. The zero-order valence-corrected chi connectivity index (χ0v) is 14.3. The van der Waals surface area contributed by atoms with E-state index in [1.54, 1.807) is 0 Å². The van der Waals surface area contributed by atoms with Crippen LogP contribution in [0.15, 0.2) is 22.7 Å². The van der Waals surface area contributed by atoms with E-state index in [4.69, 9.17) is 0 Å². The van der Waals surface area contributed by atoms with Gasteiger partial charge in [-0.3, -0.25) is 4.90 Å². The molecule has 1 aromatic rings. The van der Waals surface area contributed by atoms with Crippen molar-refractivity contribution in [3.8, 4) is 0 Å². The van der Waals surface area contributed by atoms with Crippen molar-refractivity contribution in [3.63, 3.8) is 0 Å². The fourth-order valence-corrected chi connectivity index (χ4v) is 4.20. The molecule has 0 bridgehead atoms. The Bertz CT molecular complexity index is 450. The number of benzene rings is 1. The van der Waals surface area contributed by atoms with Crippen LogP contribution in [-0.4, -0.2) is 37.1 Å². The molecule has 0 saturated carbocycles. The Labute approximate surface area is 132 Å². The largest absolute Gasteiger partial charge is 0.368 e. The molecule has 3 rings (SSSR count). The first-order valence-corrected chi connectivity index (χ1v) is 9.03. The van der Waals surface area contributed by atoms with E-state index in [9.17, 15) is 0 Å². The van der Waals surface area contributed by atoms with Gasteiger partial charge in [-0.15, -0.1) is 0 Å². The summed E-state index contributed by atoms with van der Waals surface area (Å²) in [7, 11) is 0. The Kier molecular flexibility index (Phi) is 4.50. The highest BCUT2D eigenvalue weighted by atomic mass is 79.9. The third-order valence-electron chi connectivity index (χ3n) is 4.36. The molecule has 4 heteroatoms. The molecule has 0 spiro atoms. The number of nitrogens with zero attached hydrogens (tertiary/aromatic N) is 2. The fourth-order valence-electron chi connectivity index (χ4n) is 3.34. The van der Waals surface area contributed by atoms with Crippen LogP contribution in [0.2, 0.25) is 0 Å². The molecule has 0 N–H and O–H groups in total. The van der Waals surface area contributed by atoms with Gasteiger partial charge in [0.2, 0.25) is 0 Å². The lowest BCUT2D eigenvalue weighted by atomic mass is 9.99. The predicted octanol–water partition coefficient (Wildman–Crippen LogP) is 4.02. The zero-order valence-electron chi connectivity index (χ0n) is 11.1. The second-order valence-electron chi connectivity index (χ2n) is 5.54. The third-order valence-corrected chi connectivity index (χ3v) is 5.46. The molecule has 0 radical (unpaired) electrons. The number of fused-ring (bicyclic) bond motifs is 1. The molecule has 1 aromatic carbocycles. The minimum absolute atomic E-state index is 0.773. The Balaban J connectivity index is 1.79. The van der Waals surface area contributed by atoms with Gasteiger partial charge in [-0.2, -0.15) is 0 Å². The molecule has 2 aliphatic rings. The summed E-state index contributed by atoms with van der Waals surface area (Å²) in [5.74, 6) is 0. The standard InChI is InChI=1S/C15H20Br2N2/c16-10-12-9-13(17)4-5-15(12)19-8-7-18-6-2-1-3-14(18)11-19/h4-5,9,14H,1-3,6-8,10-11H2. The first-order valence-electron chi connectivity index (χ1n) is 7.11. The van der Waals surface area contributed by atoms with Crippen molar-refractivity contribution in [2.24, 2.45) is 0 Å². The van der Waals surface area contributed by atoms with Gasteiger partial charge in [-0.25, -0.2) is 0 Å². The first-order chi connectivity index (χ1) is 9.28. The number of piperidine rings is 1. The van der Waals surface area contributed by atoms with Gasteiger partial charge in [0.1, 0.15) is 0 Å². The van der Waals surface area contributed by atoms with Crippen LogP contribution in [0.5, 0.6) is 0 Å². The van der Waals surface area contributed by atoms with Gasteiger partial charge in [-0.05, 0) is 43.1 Å². The third kappa shape index (κ3) is 3.01. The number of hydrogen-bond donors (Lipinski definition) is 0. The quantitative estimate of drug-likeness (QED) is 0.707. The molecule has 104 valence electrons. The van der Waals surface area contributed by atoms with E-state index in [-0.39, 0.29) is 0 Å². The van der Waals surface area contributed by atoms with Crippen molar-refractivity contribution < 1.29 is 0 Å². The minimum Gasteiger partial charge on any atom is -0.368 e. The molecule has 0 aliphatic carbocycles. The summed E-state index contributed by atoms with van der Waals surface area (Å²) in [6.07, 6.45) is 4.17. The van der Waals surface area contributed by atoms with Crippen LogP contribution in [0.25, 0.3) is 0 Å². The topological polar surface area (TPSA) is 6.48 Å². The van der Waals surface area contributed by atoms with E-state index in [1.165, 1.54) is 54.6 Å².